The molecule has 0 aliphatic carbocycles. The van der Waals surface area contributed by atoms with E-state index in [4.69, 9.17) is 66.4 Å². The highest BCUT2D eigenvalue weighted by molar-refractivity contribution is 4.79. The van der Waals surface area contributed by atoms with E-state index < -0.39 is 75.6 Å². The lowest BCUT2D eigenvalue weighted by atomic mass is 9.93. The summed E-state index contributed by atoms with van der Waals surface area (Å²) < 4.78 is 0. The van der Waals surface area contributed by atoms with Crippen molar-refractivity contribution in [1.29, 1.82) is 0 Å². The van der Waals surface area contributed by atoms with Crippen LogP contribution < -0.4 is 0 Å². The molecule has 27 heavy (non-hydrogen) atoms. The molecular formula is C14H34O13. The van der Waals surface area contributed by atoms with Crippen LogP contribution in [0.4, 0.5) is 0 Å². The van der Waals surface area contributed by atoms with Crippen molar-refractivity contribution in [1.82, 2.24) is 0 Å². The van der Waals surface area contributed by atoms with Crippen LogP contribution in [0, 0.1) is 5.41 Å². The summed E-state index contributed by atoms with van der Waals surface area (Å²) in [6.07, 6.45) is -7.35. The molecular weight excluding hydrogens is 376 g/mol. The number of rotatable bonds is 11. The molecule has 0 heterocycles. The lowest BCUT2D eigenvalue weighted by molar-refractivity contribution is -0.123. The van der Waals surface area contributed by atoms with Gasteiger partial charge < -0.3 is 66.4 Å². The molecule has 0 spiro atoms. The van der Waals surface area contributed by atoms with Crippen molar-refractivity contribution in [3.05, 3.63) is 0 Å². The molecule has 0 aliphatic rings. The van der Waals surface area contributed by atoms with E-state index >= 15 is 0 Å². The van der Waals surface area contributed by atoms with Crippen molar-refractivity contribution in [3.8, 4) is 0 Å². The Morgan fingerprint density at radius 3 is 0.778 bits per heavy atom. The zero-order valence-electron chi connectivity index (χ0n) is 14.9. The molecule has 168 valence electrons. The third kappa shape index (κ3) is 14.2. The normalized spacial score (nSPS) is 15.8. The van der Waals surface area contributed by atoms with Crippen LogP contribution in [-0.4, -0.2) is 150 Å². The Morgan fingerprint density at radius 1 is 0.444 bits per heavy atom. The molecule has 0 rings (SSSR count). The summed E-state index contributed by atoms with van der Waals surface area (Å²) in [4.78, 5) is 0. The van der Waals surface area contributed by atoms with Gasteiger partial charge in [0.2, 0.25) is 0 Å². The van der Waals surface area contributed by atoms with Gasteiger partial charge in [0.25, 0.3) is 0 Å². The van der Waals surface area contributed by atoms with Gasteiger partial charge in [-0.25, -0.2) is 0 Å². The van der Waals surface area contributed by atoms with E-state index in [0.717, 1.165) is 0 Å². The smallest absolute Gasteiger partial charge is 0.111 e. The van der Waals surface area contributed by atoms with E-state index in [9.17, 15) is 0 Å². The molecule has 0 aromatic heterocycles. The first-order valence-corrected chi connectivity index (χ1v) is 7.87. The number of aliphatic hydroxyl groups is 13. The van der Waals surface area contributed by atoms with E-state index in [1.165, 1.54) is 0 Å². The molecule has 4 unspecified atom stereocenters. The molecule has 4 atom stereocenters. The van der Waals surface area contributed by atoms with Gasteiger partial charge in [0.15, 0.2) is 0 Å². The average Bonchev–Trinajstić information content (AvgIpc) is 2.73. The third-order valence-electron chi connectivity index (χ3n) is 3.28. The molecule has 0 aromatic rings. The summed E-state index contributed by atoms with van der Waals surface area (Å²) >= 11 is 0. The summed E-state index contributed by atoms with van der Waals surface area (Å²) in [6.45, 7) is -3.81. The summed E-state index contributed by atoms with van der Waals surface area (Å²) in [5, 5.41) is 110. The lowest BCUT2D eigenvalue weighted by Gasteiger charge is -2.24. The quantitative estimate of drug-likeness (QED) is 0.151. The molecule has 0 fully saturated rings. The molecule has 0 saturated carbocycles. The van der Waals surface area contributed by atoms with Gasteiger partial charge in [-0.15, -0.1) is 0 Å². The van der Waals surface area contributed by atoms with Crippen molar-refractivity contribution in [2.24, 2.45) is 5.41 Å². The van der Waals surface area contributed by atoms with E-state index in [1.54, 1.807) is 0 Å². The van der Waals surface area contributed by atoms with Crippen LogP contribution in [0.25, 0.3) is 0 Å². The molecule has 0 saturated heterocycles. The first-order chi connectivity index (χ1) is 12.6. The number of hydrogen-bond donors (Lipinski definition) is 13. The van der Waals surface area contributed by atoms with Crippen LogP contribution in [0.2, 0.25) is 0 Å². The Morgan fingerprint density at radius 2 is 0.704 bits per heavy atom. The largest absolute Gasteiger partial charge is 0.396 e. The summed E-state index contributed by atoms with van der Waals surface area (Å²) in [5.41, 5.74) is -1.11. The first-order valence-electron chi connectivity index (χ1n) is 7.87. The van der Waals surface area contributed by atoms with Crippen LogP contribution in [0.5, 0.6) is 0 Å². The Hall–Kier alpha value is -0.520. The minimum Gasteiger partial charge on any atom is -0.396 e. The second-order valence-corrected chi connectivity index (χ2v) is 5.63. The van der Waals surface area contributed by atoms with Gasteiger partial charge >= 0.3 is 0 Å². The fraction of sp³-hybridized carbons (Fsp3) is 1.00. The van der Waals surface area contributed by atoms with E-state index in [1.807, 2.05) is 0 Å². The maximum Gasteiger partial charge on any atom is 0.111 e. The van der Waals surface area contributed by atoms with Crippen LogP contribution in [-0.2, 0) is 0 Å². The predicted octanol–water partition coefficient (Wildman–Crippen LogP) is -7.31. The van der Waals surface area contributed by atoms with Gasteiger partial charge in [-0.1, -0.05) is 0 Å². The van der Waals surface area contributed by atoms with Crippen LogP contribution >= 0.6 is 0 Å². The highest BCUT2D eigenvalue weighted by Crippen LogP contribution is 2.11. The molecule has 13 N–H and O–H groups in total. The molecule has 0 bridgehead atoms. The van der Waals surface area contributed by atoms with Gasteiger partial charge in [0, 0.05) is 0 Å². The van der Waals surface area contributed by atoms with Gasteiger partial charge in [-0.3, -0.25) is 0 Å². The zero-order valence-corrected chi connectivity index (χ0v) is 14.9. The number of aliphatic hydroxyl groups excluding tert-OH is 13. The topological polar surface area (TPSA) is 263 Å². The third-order valence-corrected chi connectivity index (χ3v) is 3.28. The van der Waals surface area contributed by atoms with Crippen molar-refractivity contribution in [3.63, 3.8) is 0 Å². The van der Waals surface area contributed by atoms with Crippen molar-refractivity contribution in [2.45, 2.75) is 30.5 Å². The summed E-state index contributed by atoms with van der Waals surface area (Å²) in [5.74, 6) is 0. The highest BCUT2D eigenvalue weighted by atomic mass is 16.4. The van der Waals surface area contributed by atoms with Crippen LogP contribution in [0.15, 0.2) is 0 Å². The Bertz CT molecular complexity index is 267. The fourth-order valence-corrected chi connectivity index (χ4v) is 1.03. The Labute approximate surface area is 156 Å². The second-order valence-electron chi connectivity index (χ2n) is 5.63. The molecule has 0 aliphatic heterocycles. The fourth-order valence-electron chi connectivity index (χ4n) is 1.03. The van der Waals surface area contributed by atoms with E-state index in [0.29, 0.717) is 0 Å². The van der Waals surface area contributed by atoms with Crippen molar-refractivity contribution >= 4 is 0 Å². The predicted molar refractivity (Wildman–Crippen MR) is 89.2 cm³/mol. The van der Waals surface area contributed by atoms with Crippen molar-refractivity contribution in [2.75, 3.05) is 52.9 Å². The molecule has 13 nitrogen and oxygen atoms in total. The molecule has 13 heteroatoms. The second kappa shape index (κ2) is 18.8. The monoisotopic (exact) mass is 410 g/mol. The maximum absolute atomic E-state index is 8.96. The summed E-state index contributed by atoms with van der Waals surface area (Å²) in [7, 11) is 0. The van der Waals surface area contributed by atoms with Crippen LogP contribution in [0.1, 0.15) is 0 Å². The lowest BCUT2D eigenvalue weighted by Crippen LogP contribution is -2.46. The zero-order chi connectivity index (χ0) is 22.0. The van der Waals surface area contributed by atoms with Crippen molar-refractivity contribution < 1.29 is 66.4 Å². The highest BCUT2D eigenvalue weighted by Gasteiger charge is 2.29. The number of hydrogen-bond acceptors (Lipinski definition) is 13. The van der Waals surface area contributed by atoms with Gasteiger partial charge in [0.05, 0.1) is 58.3 Å². The van der Waals surface area contributed by atoms with Gasteiger partial charge in [-0.05, 0) is 0 Å². The van der Waals surface area contributed by atoms with E-state index in [2.05, 4.69) is 0 Å². The molecule has 0 amide bonds. The minimum absolute atomic E-state index is 0.365. The Kier molecular flexibility index (Phi) is 21.7. The van der Waals surface area contributed by atoms with Gasteiger partial charge in [0.1, 0.15) is 30.5 Å². The minimum atomic E-state index is -1.67. The first kappa shape index (κ1) is 31.2. The summed E-state index contributed by atoms with van der Waals surface area (Å²) in [6, 6.07) is 0. The molecule has 0 radical (unpaired) electrons. The maximum atomic E-state index is 8.96. The Balaban J connectivity index is -0.000000340. The average molecular weight is 410 g/mol. The SMILES string of the molecule is OCC(CO)(CO)CO.OCC(O)C(O)C(O)C(O)CO.OCC(O)CO. The standard InChI is InChI=1S/C6H14O6.C5H12O4.C3H8O3/c7-1-3(9)5(11)6(12)4(10)2-8;6-1-5(2-7,3-8)4-9;4-1-3(6)2-5/h3-12H,1-2H2;6-9H,1-4H2;3-6H,1-2H2. The van der Waals surface area contributed by atoms with E-state index in [-0.39, 0.29) is 13.2 Å². The molecule has 0 aromatic carbocycles. The van der Waals surface area contributed by atoms with Gasteiger partial charge in [-0.2, -0.15) is 0 Å². The van der Waals surface area contributed by atoms with Crippen LogP contribution in [0.3, 0.4) is 0 Å².